The Balaban J connectivity index is 1.75. The molecule has 8 nitrogen and oxygen atoms in total. The van der Waals surface area contributed by atoms with Crippen LogP contribution >= 0.6 is 0 Å². The summed E-state index contributed by atoms with van der Waals surface area (Å²) in [7, 11) is 0. The molecule has 0 aromatic carbocycles. The molecule has 29 heavy (non-hydrogen) atoms. The summed E-state index contributed by atoms with van der Waals surface area (Å²) in [6.45, 7) is 5.33. The van der Waals surface area contributed by atoms with E-state index in [0.29, 0.717) is 6.42 Å². The summed E-state index contributed by atoms with van der Waals surface area (Å²) in [6.07, 6.45) is -3.64. The van der Waals surface area contributed by atoms with Gasteiger partial charge in [0, 0.05) is 18.9 Å². The third-order valence-corrected chi connectivity index (χ3v) is 7.67. The largest absolute Gasteiger partial charge is 0.396 e. The first-order valence-corrected chi connectivity index (χ1v) is 10.7. The second kappa shape index (κ2) is 8.86. The molecule has 1 heterocycles. The molecule has 0 amide bonds. The number of hydrogen-bond acceptors (Lipinski definition) is 8. The average Bonchev–Trinajstić information content (AvgIpc) is 2.85. The molecule has 0 aromatic heterocycles. The summed E-state index contributed by atoms with van der Waals surface area (Å²) in [5.41, 5.74) is -0.742. The van der Waals surface area contributed by atoms with Crippen LogP contribution in [-0.4, -0.2) is 80.8 Å². The van der Waals surface area contributed by atoms with Gasteiger partial charge in [0.05, 0.1) is 12.2 Å². The zero-order chi connectivity index (χ0) is 21.5. The summed E-state index contributed by atoms with van der Waals surface area (Å²) in [4.78, 5) is 12.3. The molecule has 0 bridgehead atoms. The van der Waals surface area contributed by atoms with Crippen LogP contribution in [0.5, 0.6) is 0 Å². The number of Topliss-reactive ketones (excluding diaryl/α,β-unsaturated/α-hetero) is 1. The van der Waals surface area contributed by atoms with Crippen molar-refractivity contribution >= 4 is 5.78 Å². The van der Waals surface area contributed by atoms with Crippen LogP contribution < -0.4 is 0 Å². The molecular weight excluding hydrogens is 380 g/mol. The van der Waals surface area contributed by atoms with Gasteiger partial charge in [-0.2, -0.15) is 0 Å². The molecule has 2 aliphatic carbocycles. The van der Waals surface area contributed by atoms with Crippen LogP contribution in [0.1, 0.15) is 46.5 Å². The maximum absolute atomic E-state index is 12.3. The Morgan fingerprint density at radius 1 is 1.03 bits per heavy atom. The van der Waals surface area contributed by atoms with Crippen LogP contribution in [0.15, 0.2) is 0 Å². The lowest BCUT2D eigenvalue weighted by atomic mass is 9.77. The number of hydrogen-bond donors (Lipinski definition) is 5. The van der Waals surface area contributed by atoms with Gasteiger partial charge in [-0.1, -0.05) is 6.92 Å². The lowest BCUT2D eigenvalue weighted by Gasteiger charge is -2.45. The van der Waals surface area contributed by atoms with Gasteiger partial charge in [0.25, 0.3) is 0 Å². The van der Waals surface area contributed by atoms with Crippen LogP contribution in [0.4, 0.5) is 0 Å². The highest BCUT2D eigenvalue weighted by atomic mass is 16.7. The number of ether oxygens (including phenoxy) is 2. The van der Waals surface area contributed by atoms with Gasteiger partial charge in [0.2, 0.25) is 0 Å². The number of carbonyl (C=O) groups is 1. The van der Waals surface area contributed by atoms with Crippen molar-refractivity contribution in [3.63, 3.8) is 0 Å². The highest BCUT2D eigenvalue weighted by Crippen LogP contribution is 2.49. The van der Waals surface area contributed by atoms with E-state index in [-0.39, 0.29) is 42.0 Å². The van der Waals surface area contributed by atoms with Gasteiger partial charge in [-0.05, 0) is 56.8 Å². The lowest BCUT2D eigenvalue weighted by Crippen LogP contribution is -2.60. The van der Waals surface area contributed by atoms with Crippen molar-refractivity contribution in [3.05, 3.63) is 0 Å². The van der Waals surface area contributed by atoms with E-state index in [1.54, 1.807) is 0 Å². The predicted molar refractivity (Wildman–Crippen MR) is 103 cm³/mol. The minimum Gasteiger partial charge on any atom is -0.396 e. The maximum atomic E-state index is 12.3. The number of fused-ring (bicyclic) bond motifs is 1. The minimum atomic E-state index is -1.48. The number of carbonyl (C=O) groups excluding carboxylic acids is 1. The fourth-order valence-electron chi connectivity index (χ4n) is 5.57. The van der Waals surface area contributed by atoms with E-state index in [2.05, 4.69) is 0 Å². The Hall–Kier alpha value is -0.610. The SMILES string of the molecule is CC1C(=O)CC2C(CO)CCC(C(C)(C)OC3OC(CO)C(O)C(O)C3O)CC12. The number of aliphatic hydroxyl groups is 5. The molecule has 3 fully saturated rings. The van der Waals surface area contributed by atoms with Crippen LogP contribution in [0.2, 0.25) is 0 Å². The topological polar surface area (TPSA) is 137 Å². The van der Waals surface area contributed by atoms with E-state index in [1.807, 2.05) is 20.8 Å². The third kappa shape index (κ3) is 4.39. The Kier molecular flexibility index (Phi) is 7.05. The van der Waals surface area contributed by atoms with E-state index in [4.69, 9.17) is 9.47 Å². The molecule has 8 heteroatoms. The van der Waals surface area contributed by atoms with Crippen LogP contribution in [0, 0.1) is 29.6 Å². The van der Waals surface area contributed by atoms with Gasteiger partial charge in [-0.3, -0.25) is 4.79 Å². The van der Waals surface area contributed by atoms with Gasteiger partial charge < -0.3 is 35.0 Å². The summed E-state index contributed by atoms with van der Waals surface area (Å²) in [6, 6.07) is 0. The highest BCUT2D eigenvalue weighted by molar-refractivity contribution is 5.83. The summed E-state index contributed by atoms with van der Waals surface area (Å²) in [5, 5.41) is 49.6. The van der Waals surface area contributed by atoms with Crippen molar-refractivity contribution in [2.45, 2.75) is 82.8 Å². The van der Waals surface area contributed by atoms with Crippen molar-refractivity contribution in [3.8, 4) is 0 Å². The van der Waals surface area contributed by atoms with Crippen LogP contribution in [0.3, 0.4) is 0 Å². The minimum absolute atomic E-state index is 0.0438. The Bertz CT molecular complexity index is 579. The van der Waals surface area contributed by atoms with Crippen LogP contribution in [-0.2, 0) is 14.3 Å². The van der Waals surface area contributed by atoms with Gasteiger partial charge >= 0.3 is 0 Å². The Morgan fingerprint density at radius 2 is 1.72 bits per heavy atom. The molecular formula is C21H36O8. The molecule has 168 valence electrons. The molecule has 0 aromatic rings. The molecule has 3 aliphatic rings. The normalized spacial score (nSPS) is 46.4. The van der Waals surface area contributed by atoms with E-state index >= 15 is 0 Å². The summed E-state index contributed by atoms with van der Waals surface area (Å²) >= 11 is 0. The summed E-state index contributed by atoms with van der Waals surface area (Å²) in [5.74, 6) is 0.749. The molecule has 3 rings (SSSR count). The first-order valence-electron chi connectivity index (χ1n) is 10.7. The van der Waals surface area contributed by atoms with Crippen LogP contribution in [0.25, 0.3) is 0 Å². The van der Waals surface area contributed by atoms with E-state index in [1.165, 1.54) is 0 Å². The number of rotatable bonds is 5. The number of ketones is 1. The second-order valence-corrected chi connectivity index (χ2v) is 9.66. The zero-order valence-electron chi connectivity index (χ0n) is 17.5. The second-order valence-electron chi connectivity index (χ2n) is 9.66. The van der Waals surface area contributed by atoms with Gasteiger partial charge in [0.15, 0.2) is 6.29 Å². The number of aliphatic hydroxyl groups excluding tert-OH is 5. The molecule has 0 radical (unpaired) electrons. The Morgan fingerprint density at radius 3 is 2.34 bits per heavy atom. The molecule has 1 aliphatic heterocycles. The predicted octanol–water partition coefficient (Wildman–Crippen LogP) is -0.169. The first-order chi connectivity index (χ1) is 13.6. The standard InChI is InChI=1S/C21H36O8/c1-10-13-6-12(5-4-11(8-22)14(13)7-15(10)24)21(2,3)29-20-19(27)18(26)17(25)16(9-23)28-20/h10-14,16-20,22-23,25-27H,4-9H2,1-3H3. The average molecular weight is 417 g/mol. The van der Waals surface area contributed by atoms with E-state index < -0.39 is 42.9 Å². The molecule has 0 spiro atoms. The van der Waals surface area contributed by atoms with Crippen molar-refractivity contribution in [2.24, 2.45) is 29.6 Å². The molecule has 2 saturated carbocycles. The molecule has 10 unspecified atom stereocenters. The van der Waals surface area contributed by atoms with Crippen molar-refractivity contribution < 1.29 is 39.8 Å². The Labute approximate surface area is 171 Å². The smallest absolute Gasteiger partial charge is 0.187 e. The van der Waals surface area contributed by atoms with Crippen molar-refractivity contribution in [2.75, 3.05) is 13.2 Å². The molecule has 5 N–H and O–H groups in total. The first kappa shape index (κ1) is 23.1. The van der Waals surface area contributed by atoms with E-state index in [0.717, 1.165) is 19.3 Å². The highest BCUT2D eigenvalue weighted by Gasteiger charge is 2.50. The van der Waals surface area contributed by atoms with Gasteiger partial charge in [-0.25, -0.2) is 0 Å². The maximum Gasteiger partial charge on any atom is 0.187 e. The monoisotopic (exact) mass is 416 g/mol. The van der Waals surface area contributed by atoms with Gasteiger partial charge in [0.1, 0.15) is 30.2 Å². The van der Waals surface area contributed by atoms with E-state index in [9.17, 15) is 30.3 Å². The summed E-state index contributed by atoms with van der Waals surface area (Å²) < 4.78 is 11.6. The lowest BCUT2D eigenvalue weighted by molar-refractivity contribution is -0.329. The third-order valence-electron chi connectivity index (χ3n) is 7.67. The van der Waals surface area contributed by atoms with Gasteiger partial charge in [-0.15, -0.1) is 0 Å². The zero-order valence-corrected chi connectivity index (χ0v) is 17.5. The fraction of sp³-hybridized carbons (Fsp3) is 0.952. The fourth-order valence-corrected chi connectivity index (χ4v) is 5.57. The van der Waals surface area contributed by atoms with Crippen molar-refractivity contribution in [1.29, 1.82) is 0 Å². The van der Waals surface area contributed by atoms with Crippen molar-refractivity contribution in [1.82, 2.24) is 0 Å². The molecule has 1 saturated heterocycles. The molecule has 10 atom stereocenters. The quantitative estimate of drug-likeness (QED) is 0.417.